The average Bonchev–Trinajstić information content (AvgIpc) is 2.71. The van der Waals surface area contributed by atoms with Gasteiger partial charge in [-0.2, -0.15) is 0 Å². The van der Waals surface area contributed by atoms with Crippen molar-refractivity contribution in [2.45, 2.75) is 25.9 Å². The quantitative estimate of drug-likeness (QED) is 0.798. The molecule has 1 saturated heterocycles. The normalized spacial score (nSPS) is 24.6. The van der Waals surface area contributed by atoms with Gasteiger partial charge in [0.05, 0.1) is 6.61 Å². The van der Waals surface area contributed by atoms with E-state index in [0.717, 1.165) is 19.5 Å². The van der Waals surface area contributed by atoms with Gasteiger partial charge in [0.25, 0.3) is 5.56 Å². The molecule has 0 saturated carbocycles. The van der Waals surface area contributed by atoms with Crippen LogP contribution in [0.1, 0.15) is 13.3 Å². The smallest absolute Gasteiger partial charge is 0.250 e. The Balaban J connectivity index is 1.99. The van der Waals surface area contributed by atoms with Gasteiger partial charge >= 0.3 is 0 Å². The van der Waals surface area contributed by atoms with Crippen molar-refractivity contribution >= 4 is 5.69 Å². The minimum Gasteiger partial charge on any atom is -0.398 e. The lowest BCUT2D eigenvalue weighted by Crippen LogP contribution is -2.38. The van der Waals surface area contributed by atoms with Crippen LogP contribution in [-0.4, -0.2) is 40.3 Å². The van der Waals surface area contributed by atoms with Gasteiger partial charge in [0.2, 0.25) is 0 Å². The highest BCUT2D eigenvalue weighted by molar-refractivity contribution is 5.33. The van der Waals surface area contributed by atoms with Gasteiger partial charge in [-0.25, -0.2) is 0 Å². The molecule has 2 rings (SSSR count). The van der Waals surface area contributed by atoms with E-state index in [0.29, 0.717) is 18.2 Å². The van der Waals surface area contributed by atoms with Gasteiger partial charge in [0.15, 0.2) is 0 Å². The maximum Gasteiger partial charge on any atom is 0.250 e. The molecule has 2 heterocycles. The third kappa shape index (κ3) is 2.73. The zero-order valence-electron chi connectivity index (χ0n) is 10.7. The largest absolute Gasteiger partial charge is 0.398 e. The molecule has 1 aliphatic rings. The highest BCUT2D eigenvalue weighted by Gasteiger charge is 2.29. The van der Waals surface area contributed by atoms with Crippen LogP contribution >= 0.6 is 0 Å². The number of pyridine rings is 1. The molecule has 0 aromatic carbocycles. The molecule has 2 atom stereocenters. The molecule has 5 heteroatoms. The van der Waals surface area contributed by atoms with Crippen molar-refractivity contribution < 1.29 is 5.11 Å². The molecule has 3 N–H and O–H groups in total. The summed E-state index contributed by atoms with van der Waals surface area (Å²) < 4.78 is 1.63. The number of nitrogens with two attached hydrogens (primary N) is 1. The standard InChI is InChI=1S/C13H21N3O2/c1-10-4-5-15(12(10)9-17)6-7-16-8-11(14)2-3-13(16)18/h2-3,8,10,12,17H,4-7,9,14H2,1H3. The summed E-state index contributed by atoms with van der Waals surface area (Å²) in [6, 6.07) is 3.33. The van der Waals surface area contributed by atoms with Crippen molar-refractivity contribution in [1.82, 2.24) is 9.47 Å². The van der Waals surface area contributed by atoms with E-state index in [1.165, 1.54) is 6.07 Å². The second-order valence-electron chi connectivity index (χ2n) is 5.05. The Morgan fingerprint density at radius 1 is 1.44 bits per heavy atom. The Hall–Kier alpha value is -1.33. The molecule has 1 aliphatic heterocycles. The highest BCUT2D eigenvalue weighted by atomic mass is 16.3. The van der Waals surface area contributed by atoms with Crippen molar-refractivity contribution in [2.75, 3.05) is 25.4 Å². The zero-order valence-corrected chi connectivity index (χ0v) is 10.7. The summed E-state index contributed by atoms with van der Waals surface area (Å²) in [6.07, 6.45) is 2.78. The van der Waals surface area contributed by atoms with Crippen LogP contribution in [0, 0.1) is 5.92 Å². The van der Waals surface area contributed by atoms with E-state index in [1.807, 2.05) is 0 Å². The predicted octanol–water partition coefficient (Wildman–Crippen LogP) is 0.133. The van der Waals surface area contributed by atoms with E-state index in [1.54, 1.807) is 16.8 Å². The first kappa shape index (κ1) is 13.1. The minimum atomic E-state index is -0.0306. The fourth-order valence-corrected chi connectivity index (χ4v) is 2.62. The minimum absolute atomic E-state index is 0.0306. The number of likely N-dealkylation sites (tertiary alicyclic amines) is 1. The summed E-state index contributed by atoms with van der Waals surface area (Å²) in [7, 11) is 0. The molecule has 2 unspecified atom stereocenters. The van der Waals surface area contributed by atoms with E-state index < -0.39 is 0 Å². The lowest BCUT2D eigenvalue weighted by Gasteiger charge is -2.25. The van der Waals surface area contributed by atoms with Gasteiger partial charge in [-0.05, 0) is 24.9 Å². The Bertz CT molecular complexity index is 458. The lowest BCUT2D eigenvalue weighted by atomic mass is 10.0. The number of anilines is 1. The maximum absolute atomic E-state index is 11.6. The molecule has 0 bridgehead atoms. The maximum atomic E-state index is 11.6. The molecule has 5 nitrogen and oxygen atoms in total. The van der Waals surface area contributed by atoms with Crippen LogP contribution in [-0.2, 0) is 6.54 Å². The van der Waals surface area contributed by atoms with E-state index in [4.69, 9.17) is 5.73 Å². The van der Waals surface area contributed by atoms with Crippen molar-refractivity contribution in [3.05, 3.63) is 28.7 Å². The van der Waals surface area contributed by atoms with Crippen molar-refractivity contribution in [1.29, 1.82) is 0 Å². The molecular formula is C13H21N3O2. The number of nitrogens with zero attached hydrogens (tertiary/aromatic N) is 2. The molecule has 0 spiro atoms. The van der Waals surface area contributed by atoms with Crippen LogP contribution in [0.2, 0.25) is 0 Å². The molecule has 100 valence electrons. The number of aromatic nitrogens is 1. The second kappa shape index (κ2) is 5.54. The van der Waals surface area contributed by atoms with Gasteiger partial charge in [0, 0.05) is 37.1 Å². The third-order valence-corrected chi connectivity index (χ3v) is 3.82. The Kier molecular flexibility index (Phi) is 4.04. The highest BCUT2D eigenvalue weighted by Crippen LogP contribution is 2.22. The van der Waals surface area contributed by atoms with Crippen LogP contribution in [0.15, 0.2) is 23.1 Å². The number of hydrogen-bond acceptors (Lipinski definition) is 4. The number of aliphatic hydroxyl groups is 1. The molecule has 0 aliphatic carbocycles. The molecule has 1 aromatic heterocycles. The van der Waals surface area contributed by atoms with Crippen molar-refractivity contribution in [2.24, 2.45) is 5.92 Å². The Morgan fingerprint density at radius 3 is 2.94 bits per heavy atom. The topological polar surface area (TPSA) is 71.5 Å². The SMILES string of the molecule is CC1CCN(CCn2cc(N)ccc2=O)C1CO. The molecule has 18 heavy (non-hydrogen) atoms. The summed E-state index contributed by atoms with van der Waals surface area (Å²) in [5.41, 5.74) is 6.24. The van der Waals surface area contributed by atoms with Gasteiger partial charge in [0.1, 0.15) is 0 Å². The van der Waals surface area contributed by atoms with E-state index >= 15 is 0 Å². The molecule has 1 fully saturated rings. The number of hydrogen-bond donors (Lipinski definition) is 2. The zero-order chi connectivity index (χ0) is 13.1. The lowest BCUT2D eigenvalue weighted by molar-refractivity contribution is 0.136. The first-order valence-corrected chi connectivity index (χ1v) is 6.42. The fourth-order valence-electron chi connectivity index (χ4n) is 2.62. The van der Waals surface area contributed by atoms with E-state index in [2.05, 4.69) is 11.8 Å². The van der Waals surface area contributed by atoms with Crippen LogP contribution in [0.25, 0.3) is 0 Å². The summed E-state index contributed by atoms with van der Waals surface area (Å²) >= 11 is 0. The predicted molar refractivity (Wildman–Crippen MR) is 71.3 cm³/mol. The van der Waals surface area contributed by atoms with Crippen LogP contribution in [0.3, 0.4) is 0 Å². The van der Waals surface area contributed by atoms with E-state index in [-0.39, 0.29) is 18.2 Å². The first-order chi connectivity index (χ1) is 8.61. The summed E-state index contributed by atoms with van der Waals surface area (Å²) in [5, 5.41) is 9.37. The van der Waals surface area contributed by atoms with Crippen molar-refractivity contribution in [3.63, 3.8) is 0 Å². The number of rotatable bonds is 4. The van der Waals surface area contributed by atoms with Crippen molar-refractivity contribution in [3.8, 4) is 0 Å². The average molecular weight is 251 g/mol. The van der Waals surface area contributed by atoms with Gasteiger partial charge in [-0.3, -0.25) is 9.69 Å². The second-order valence-corrected chi connectivity index (χ2v) is 5.05. The van der Waals surface area contributed by atoms with Gasteiger partial charge in [-0.15, -0.1) is 0 Å². The number of nitrogen functional groups attached to an aromatic ring is 1. The molecule has 0 radical (unpaired) electrons. The fraction of sp³-hybridized carbons (Fsp3) is 0.615. The number of aliphatic hydroxyl groups excluding tert-OH is 1. The monoisotopic (exact) mass is 251 g/mol. The molecular weight excluding hydrogens is 230 g/mol. The third-order valence-electron chi connectivity index (χ3n) is 3.82. The Morgan fingerprint density at radius 2 is 2.22 bits per heavy atom. The summed E-state index contributed by atoms with van der Waals surface area (Å²) in [5.74, 6) is 0.521. The molecule has 1 aromatic rings. The van der Waals surface area contributed by atoms with E-state index in [9.17, 15) is 9.90 Å². The summed E-state index contributed by atoms with van der Waals surface area (Å²) in [6.45, 7) is 4.73. The summed E-state index contributed by atoms with van der Waals surface area (Å²) in [4.78, 5) is 13.9. The van der Waals surface area contributed by atoms with Gasteiger partial charge in [-0.1, -0.05) is 6.92 Å². The van der Waals surface area contributed by atoms with Crippen LogP contribution < -0.4 is 11.3 Å². The first-order valence-electron chi connectivity index (χ1n) is 6.42. The van der Waals surface area contributed by atoms with Crippen LogP contribution in [0.5, 0.6) is 0 Å². The van der Waals surface area contributed by atoms with Crippen LogP contribution in [0.4, 0.5) is 5.69 Å². The Labute approximate surface area is 107 Å². The van der Waals surface area contributed by atoms with Gasteiger partial charge < -0.3 is 15.4 Å². The molecule has 0 amide bonds.